The summed E-state index contributed by atoms with van der Waals surface area (Å²) in [7, 11) is 0. The molecule has 0 N–H and O–H groups in total. The summed E-state index contributed by atoms with van der Waals surface area (Å²) in [6.07, 6.45) is 1.72. The summed E-state index contributed by atoms with van der Waals surface area (Å²) in [5.74, 6) is 0.0223. The number of aromatic nitrogens is 1. The summed E-state index contributed by atoms with van der Waals surface area (Å²) >= 11 is 9.35. The first-order valence-electron chi connectivity index (χ1n) is 6.23. The second-order valence-corrected chi connectivity index (χ2v) is 6.21. The summed E-state index contributed by atoms with van der Waals surface area (Å²) in [6.45, 7) is 3.98. The van der Waals surface area contributed by atoms with Crippen LogP contribution >= 0.6 is 27.5 Å². The molecule has 1 aliphatic heterocycles. The van der Waals surface area contributed by atoms with Gasteiger partial charge < -0.3 is 4.74 Å². The molecule has 0 amide bonds. The molecule has 0 spiro atoms. The van der Waals surface area contributed by atoms with Gasteiger partial charge in [0, 0.05) is 28.2 Å². The Balaban J connectivity index is 2.16. The predicted molar refractivity (Wildman–Crippen MR) is 79.7 cm³/mol. The largest absolute Gasteiger partial charge is 0.480 e. The minimum absolute atomic E-state index is 0.000116. The number of pyridine rings is 1. The third-order valence-corrected chi connectivity index (χ3v) is 5.34. The first kappa shape index (κ1) is 13.8. The molecule has 5 heteroatoms. The minimum Gasteiger partial charge on any atom is -0.480 e. The lowest BCUT2D eigenvalue weighted by Crippen LogP contribution is -2.31. The highest BCUT2D eigenvalue weighted by atomic mass is 79.9. The zero-order valence-corrected chi connectivity index (χ0v) is 13.3. The van der Waals surface area contributed by atoms with Gasteiger partial charge in [0.15, 0.2) is 5.60 Å². The van der Waals surface area contributed by atoms with E-state index in [1.165, 1.54) is 6.07 Å². The van der Waals surface area contributed by atoms with Crippen LogP contribution in [0.3, 0.4) is 0 Å². The van der Waals surface area contributed by atoms with E-state index in [9.17, 15) is 4.39 Å². The highest BCUT2D eigenvalue weighted by molar-refractivity contribution is 9.10. The van der Waals surface area contributed by atoms with Crippen molar-refractivity contribution >= 4 is 27.5 Å². The summed E-state index contributed by atoms with van der Waals surface area (Å²) in [4.78, 5) is 4.37. The normalized spacial score (nSPS) is 24.4. The number of rotatable bonds is 1. The number of hydrogen-bond acceptors (Lipinski definition) is 2. The van der Waals surface area contributed by atoms with Crippen LogP contribution in [0.15, 0.2) is 34.9 Å². The molecule has 0 radical (unpaired) electrons. The van der Waals surface area contributed by atoms with Crippen molar-refractivity contribution in [2.75, 3.05) is 0 Å². The molecule has 2 atom stereocenters. The number of ether oxygens (including phenoxy) is 1. The maximum atomic E-state index is 13.8. The Morgan fingerprint density at radius 1 is 1.45 bits per heavy atom. The van der Waals surface area contributed by atoms with Crippen molar-refractivity contribution in [1.82, 2.24) is 4.98 Å². The molecule has 3 rings (SSSR count). The molecule has 1 aliphatic rings. The van der Waals surface area contributed by atoms with Gasteiger partial charge in [-0.3, -0.25) is 4.98 Å². The number of hydrogen-bond donors (Lipinski definition) is 0. The van der Waals surface area contributed by atoms with E-state index in [2.05, 4.69) is 20.9 Å². The van der Waals surface area contributed by atoms with Crippen LogP contribution in [-0.2, 0) is 5.60 Å². The van der Waals surface area contributed by atoms with Crippen LogP contribution in [-0.4, -0.2) is 4.98 Å². The van der Waals surface area contributed by atoms with Crippen LogP contribution in [0.4, 0.5) is 4.39 Å². The number of halogens is 3. The van der Waals surface area contributed by atoms with Gasteiger partial charge in [0.2, 0.25) is 0 Å². The van der Waals surface area contributed by atoms with Crippen LogP contribution in [0.5, 0.6) is 5.75 Å². The smallest absolute Gasteiger partial charge is 0.155 e. The molecule has 1 aromatic heterocycles. The third-order valence-electron chi connectivity index (χ3n) is 3.92. The lowest BCUT2D eigenvalue weighted by atomic mass is 9.84. The first-order valence-corrected chi connectivity index (χ1v) is 7.40. The van der Waals surface area contributed by atoms with Crippen LogP contribution in [0, 0.1) is 5.82 Å². The molecular weight excluding hydrogens is 345 g/mol. The zero-order chi connectivity index (χ0) is 14.5. The van der Waals surface area contributed by atoms with Gasteiger partial charge in [-0.15, -0.1) is 0 Å². The lowest BCUT2D eigenvalue weighted by molar-refractivity contribution is 0.0872. The second kappa shape index (κ2) is 4.71. The van der Waals surface area contributed by atoms with E-state index in [4.69, 9.17) is 16.3 Å². The van der Waals surface area contributed by atoms with Gasteiger partial charge in [-0.25, -0.2) is 4.39 Å². The Labute approximate surface area is 130 Å². The Hall–Kier alpha value is -1.13. The van der Waals surface area contributed by atoms with E-state index in [0.717, 1.165) is 11.3 Å². The fourth-order valence-corrected chi connectivity index (χ4v) is 3.48. The number of fused-ring (bicyclic) bond motifs is 1. The third kappa shape index (κ3) is 1.85. The molecule has 2 heterocycles. The van der Waals surface area contributed by atoms with Crippen molar-refractivity contribution in [3.8, 4) is 5.75 Å². The molecule has 1 aromatic carbocycles. The van der Waals surface area contributed by atoms with Gasteiger partial charge in [-0.05, 0) is 35.0 Å². The van der Waals surface area contributed by atoms with Gasteiger partial charge in [0.1, 0.15) is 11.6 Å². The van der Waals surface area contributed by atoms with Crippen molar-refractivity contribution < 1.29 is 9.13 Å². The topological polar surface area (TPSA) is 22.1 Å². The molecule has 20 heavy (non-hydrogen) atoms. The highest BCUT2D eigenvalue weighted by Crippen LogP contribution is 2.53. The van der Waals surface area contributed by atoms with Gasteiger partial charge in [-0.2, -0.15) is 0 Å². The second-order valence-electron chi connectivity index (χ2n) is 5.04. The van der Waals surface area contributed by atoms with Crippen molar-refractivity contribution in [3.63, 3.8) is 0 Å². The summed E-state index contributed by atoms with van der Waals surface area (Å²) in [5.41, 5.74) is 1.06. The van der Waals surface area contributed by atoms with Gasteiger partial charge in [-0.1, -0.05) is 24.6 Å². The fraction of sp³-hybridized carbons (Fsp3) is 0.267. The molecule has 104 valence electrons. The SMILES string of the molecule is C[C@@H]1c2c(cc(F)c(Cl)c2Br)O[C@]1(C)c1ccccn1. The minimum atomic E-state index is -0.636. The summed E-state index contributed by atoms with van der Waals surface area (Å²) < 4.78 is 20.3. The van der Waals surface area contributed by atoms with E-state index in [1.54, 1.807) is 6.20 Å². The van der Waals surface area contributed by atoms with Crippen LogP contribution in [0.25, 0.3) is 0 Å². The molecule has 0 bridgehead atoms. The molecule has 0 saturated carbocycles. The average molecular weight is 357 g/mol. The molecular formula is C15H12BrClFNO. The molecule has 0 aliphatic carbocycles. The van der Waals surface area contributed by atoms with Crippen LogP contribution < -0.4 is 4.74 Å². The van der Waals surface area contributed by atoms with Crippen LogP contribution in [0.2, 0.25) is 5.02 Å². The van der Waals surface area contributed by atoms with Crippen LogP contribution in [0.1, 0.15) is 31.0 Å². The van der Waals surface area contributed by atoms with Gasteiger partial charge >= 0.3 is 0 Å². The van der Waals surface area contributed by atoms with Gasteiger partial charge in [0.25, 0.3) is 0 Å². The maximum absolute atomic E-state index is 13.8. The van der Waals surface area contributed by atoms with Crippen molar-refractivity contribution in [3.05, 3.63) is 57.0 Å². The van der Waals surface area contributed by atoms with E-state index in [-0.39, 0.29) is 10.9 Å². The molecule has 2 aromatic rings. The summed E-state index contributed by atoms with van der Waals surface area (Å²) in [6, 6.07) is 7.02. The maximum Gasteiger partial charge on any atom is 0.155 e. The monoisotopic (exact) mass is 355 g/mol. The number of benzene rings is 1. The van der Waals surface area contributed by atoms with E-state index in [1.807, 2.05) is 32.0 Å². The van der Waals surface area contributed by atoms with Crippen molar-refractivity contribution in [2.45, 2.75) is 25.4 Å². The van der Waals surface area contributed by atoms with Crippen molar-refractivity contribution in [2.24, 2.45) is 0 Å². The molecule has 0 fully saturated rings. The average Bonchev–Trinajstić information content (AvgIpc) is 2.70. The molecule has 0 unspecified atom stereocenters. The quantitative estimate of drug-likeness (QED) is 0.667. The summed E-state index contributed by atoms with van der Waals surface area (Å²) in [5, 5.41) is 0.0875. The highest BCUT2D eigenvalue weighted by Gasteiger charge is 2.46. The lowest BCUT2D eigenvalue weighted by Gasteiger charge is -2.28. The Morgan fingerprint density at radius 2 is 2.20 bits per heavy atom. The van der Waals surface area contributed by atoms with Crippen molar-refractivity contribution in [1.29, 1.82) is 0 Å². The fourth-order valence-electron chi connectivity index (χ4n) is 2.60. The zero-order valence-electron chi connectivity index (χ0n) is 11.0. The number of nitrogens with zero attached hydrogens (tertiary/aromatic N) is 1. The van der Waals surface area contributed by atoms with E-state index in [0.29, 0.717) is 10.2 Å². The predicted octanol–water partition coefficient (Wildman–Crippen LogP) is 5.05. The standard InChI is InChI=1S/C15H12BrClFNO/c1-8-12-10(7-9(18)14(17)13(12)16)20-15(8,2)11-5-3-4-6-19-11/h3-8H,1-2H3/t8-,15+/m1/s1. The Kier molecular flexibility index (Phi) is 3.26. The van der Waals surface area contributed by atoms with Gasteiger partial charge in [0.05, 0.1) is 10.7 Å². The Morgan fingerprint density at radius 3 is 2.85 bits per heavy atom. The van der Waals surface area contributed by atoms with E-state index < -0.39 is 11.4 Å². The first-order chi connectivity index (χ1) is 9.45. The molecule has 0 saturated heterocycles. The molecule has 2 nitrogen and oxygen atoms in total. The Bertz CT molecular complexity index is 679. The van der Waals surface area contributed by atoms with E-state index >= 15 is 0 Å².